The van der Waals surface area contributed by atoms with Crippen LogP contribution in [0.25, 0.3) is 0 Å². The largest absolute Gasteiger partial charge is 0.480 e. The van der Waals surface area contributed by atoms with Gasteiger partial charge in [-0.2, -0.15) is 0 Å². The van der Waals surface area contributed by atoms with E-state index in [1.54, 1.807) is 25.1 Å². The molecule has 0 saturated heterocycles. The molecule has 1 rings (SSSR count). The highest BCUT2D eigenvalue weighted by atomic mass is 79.9. The van der Waals surface area contributed by atoms with Crippen molar-refractivity contribution in [1.29, 1.82) is 0 Å². The molecule has 0 radical (unpaired) electrons. The fourth-order valence-corrected chi connectivity index (χ4v) is 1.37. The van der Waals surface area contributed by atoms with E-state index in [4.69, 9.17) is 15.2 Å². The van der Waals surface area contributed by atoms with Gasteiger partial charge in [-0.1, -0.05) is 15.9 Å². The Kier molecular flexibility index (Phi) is 4.42. The highest BCUT2D eigenvalue weighted by Crippen LogP contribution is 2.24. The van der Waals surface area contributed by atoms with Gasteiger partial charge in [-0.25, -0.2) is 4.79 Å². The summed E-state index contributed by atoms with van der Waals surface area (Å²) in [5, 5.41) is 0. The molecule has 5 heteroatoms. The maximum absolute atomic E-state index is 11.0. The van der Waals surface area contributed by atoms with Gasteiger partial charge in [0.2, 0.25) is 0 Å². The molecule has 0 unspecified atom stereocenters. The zero-order chi connectivity index (χ0) is 11.3. The normalized spacial score (nSPS) is 9.73. The van der Waals surface area contributed by atoms with Crippen LogP contribution in [0.2, 0.25) is 0 Å². The van der Waals surface area contributed by atoms with Gasteiger partial charge < -0.3 is 15.2 Å². The summed E-state index contributed by atoms with van der Waals surface area (Å²) in [4.78, 5) is 11.0. The van der Waals surface area contributed by atoms with Crippen molar-refractivity contribution in [2.24, 2.45) is 0 Å². The van der Waals surface area contributed by atoms with E-state index in [0.717, 1.165) is 4.47 Å². The second kappa shape index (κ2) is 5.60. The summed E-state index contributed by atoms with van der Waals surface area (Å²) < 4.78 is 10.8. The van der Waals surface area contributed by atoms with Crippen molar-refractivity contribution >= 4 is 27.6 Å². The summed E-state index contributed by atoms with van der Waals surface area (Å²) in [5.74, 6) is 0.0751. The molecule has 0 heterocycles. The van der Waals surface area contributed by atoms with Crippen LogP contribution in [0, 0.1) is 0 Å². The summed E-state index contributed by atoms with van der Waals surface area (Å²) in [6.07, 6.45) is 0. The second-order valence-corrected chi connectivity index (χ2v) is 3.69. The van der Waals surface area contributed by atoms with Crippen molar-refractivity contribution < 1.29 is 14.3 Å². The van der Waals surface area contributed by atoms with Crippen LogP contribution in [0.3, 0.4) is 0 Å². The minimum absolute atomic E-state index is 0.125. The molecule has 0 aliphatic rings. The number of esters is 1. The van der Waals surface area contributed by atoms with Gasteiger partial charge >= 0.3 is 5.97 Å². The number of nitrogens with two attached hydrogens (primary N) is 1. The van der Waals surface area contributed by atoms with Crippen LogP contribution in [0.15, 0.2) is 22.7 Å². The highest BCUT2D eigenvalue weighted by molar-refractivity contribution is 9.10. The van der Waals surface area contributed by atoms with Gasteiger partial charge in [0.1, 0.15) is 5.75 Å². The maximum atomic E-state index is 11.0. The lowest BCUT2D eigenvalue weighted by Crippen LogP contribution is -2.15. The number of nitrogen functional groups attached to an aromatic ring is 1. The van der Waals surface area contributed by atoms with E-state index in [2.05, 4.69) is 15.9 Å². The maximum Gasteiger partial charge on any atom is 0.344 e. The Labute approximate surface area is 96.5 Å². The zero-order valence-corrected chi connectivity index (χ0v) is 9.91. The Hall–Kier alpha value is -1.23. The van der Waals surface area contributed by atoms with Gasteiger partial charge in [-0.15, -0.1) is 0 Å². The second-order valence-electron chi connectivity index (χ2n) is 2.78. The van der Waals surface area contributed by atoms with E-state index in [1.807, 2.05) is 0 Å². The van der Waals surface area contributed by atoms with Crippen LogP contribution in [-0.2, 0) is 9.53 Å². The SMILES string of the molecule is CCOC(=O)COc1ccc(Br)cc1N. The molecule has 82 valence electrons. The van der Waals surface area contributed by atoms with Gasteiger partial charge in [0.05, 0.1) is 12.3 Å². The first-order chi connectivity index (χ1) is 7.13. The number of ether oxygens (including phenoxy) is 2. The summed E-state index contributed by atoms with van der Waals surface area (Å²) in [7, 11) is 0. The van der Waals surface area contributed by atoms with Crippen LogP contribution < -0.4 is 10.5 Å². The first-order valence-corrected chi connectivity index (χ1v) is 5.26. The van der Waals surface area contributed by atoms with E-state index in [1.165, 1.54) is 0 Å². The molecular formula is C10H12BrNO3. The Balaban J connectivity index is 2.54. The average molecular weight is 274 g/mol. The number of hydrogen-bond donors (Lipinski definition) is 1. The first kappa shape index (κ1) is 11.8. The number of halogens is 1. The quantitative estimate of drug-likeness (QED) is 0.673. The number of anilines is 1. The van der Waals surface area contributed by atoms with Crippen LogP contribution in [0.1, 0.15) is 6.92 Å². The van der Waals surface area contributed by atoms with Gasteiger partial charge in [-0.3, -0.25) is 0 Å². The van der Waals surface area contributed by atoms with Crippen LogP contribution in [-0.4, -0.2) is 19.2 Å². The molecule has 0 spiro atoms. The third kappa shape index (κ3) is 3.79. The smallest absolute Gasteiger partial charge is 0.344 e. The number of carbonyl (C=O) groups excluding carboxylic acids is 1. The fourth-order valence-electron chi connectivity index (χ4n) is 0.990. The summed E-state index contributed by atoms with van der Waals surface area (Å²) in [6, 6.07) is 5.19. The molecule has 4 nitrogen and oxygen atoms in total. The zero-order valence-electron chi connectivity index (χ0n) is 8.33. The Morgan fingerprint density at radius 1 is 1.53 bits per heavy atom. The molecule has 0 atom stereocenters. The van der Waals surface area contributed by atoms with Crippen LogP contribution >= 0.6 is 15.9 Å². The average Bonchev–Trinajstić information content (AvgIpc) is 2.17. The van der Waals surface area contributed by atoms with Crippen molar-refractivity contribution in [1.82, 2.24) is 0 Å². The standard InChI is InChI=1S/C10H12BrNO3/c1-2-14-10(13)6-15-9-4-3-7(11)5-8(9)12/h3-5H,2,6,12H2,1H3. The van der Waals surface area contributed by atoms with E-state index in [0.29, 0.717) is 18.0 Å². The Morgan fingerprint density at radius 2 is 2.27 bits per heavy atom. The van der Waals surface area contributed by atoms with Crippen LogP contribution in [0.4, 0.5) is 5.69 Å². The van der Waals surface area contributed by atoms with E-state index < -0.39 is 5.97 Å². The molecular weight excluding hydrogens is 262 g/mol. The minimum atomic E-state index is -0.403. The highest BCUT2D eigenvalue weighted by Gasteiger charge is 2.05. The number of hydrogen-bond acceptors (Lipinski definition) is 4. The molecule has 1 aromatic rings. The third-order valence-electron chi connectivity index (χ3n) is 1.62. The van der Waals surface area contributed by atoms with Gasteiger partial charge in [0.25, 0.3) is 0 Å². The van der Waals surface area contributed by atoms with Crippen LogP contribution in [0.5, 0.6) is 5.75 Å². The molecule has 1 aromatic carbocycles. The van der Waals surface area contributed by atoms with Crippen molar-refractivity contribution in [2.75, 3.05) is 18.9 Å². The van der Waals surface area contributed by atoms with Crippen molar-refractivity contribution in [2.45, 2.75) is 6.92 Å². The molecule has 0 aromatic heterocycles. The minimum Gasteiger partial charge on any atom is -0.480 e. The van der Waals surface area contributed by atoms with E-state index >= 15 is 0 Å². The summed E-state index contributed by atoms with van der Waals surface area (Å²) in [5.41, 5.74) is 6.15. The lowest BCUT2D eigenvalue weighted by molar-refractivity contribution is -0.145. The van der Waals surface area contributed by atoms with E-state index in [-0.39, 0.29) is 6.61 Å². The molecule has 0 aliphatic carbocycles. The van der Waals surface area contributed by atoms with Gasteiger partial charge in [0, 0.05) is 4.47 Å². The predicted molar refractivity (Wildman–Crippen MR) is 60.7 cm³/mol. The summed E-state index contributed by atoms with van der Waals surface area (Å²) in [6.45, 7) is 1.96. The molecule has 0 bridgehead atoms. The topological polar surface area (TPSA) is 61.5 Å². The number of benzene rings is 1. The molecule has 0 fully saturated rings. The lowest BCUT2D eigenvalue weighted by atomic mass is 10.3. The molecule has 2 N–H and O–H groups in total. The molecule has 0 aliphatic heterocycles. The summed E-state index contributed by atoms with van der Waals surface area (Å²) >= 11 is 3.27. The van der Waals surface area contributed by atoms with Gasteiger partial charge in [0.15, 0.2) is 6.61 Å². The predicted octanol–water partition coefficient (Wildman–Crippen LogP) is 1.97. The lowest BCUT2D eigenvalue weighted by Gasteiger charge is -2.08. The van der Waals surface area contributed by atoms with Crippen molar-refractivity contribution in [3.05, 3.63) is 22.7 Å². The Bertz CT molecular complexity index is 355. The molecule has 0 amide bonds. The van der Waals surface area contributed by atoms with Crippen molar-refractivity contribution in [3.63, 3.8) is 0 Å². The Morgan fingerprint density at radius 3 is 2.87 bits per heavy atom. The monoisotopic (exact) mass is 273 g/mol. The fraction of sp³-hybridized carbons (Fsp3) is 0.300. The number of carbonyl (C=O) groups is 1. The van der Waals surface area contributed by atoms with E-state index in [9.17, 15) is 4.79 Å². The van der Waals surface area contributed by atoms with Crippen molar-refractivity contribution in [3.8, 4) is 5.75 Å². The number of rotatable bonds is 4. The molecule has 0 saturated carbocycles. The first-order valence-electron chi connectivity index (χ1n) is 4.47. The third-order valence-corrected chi connectivity index (χ3v) is 2.12. The molecule has 15 heavy (non-hydrogen) atoms. The van der Waals surface area contributed by atoms with Gasteiger partial charge in [-0.05, 0) is 25.1 Å².